The first-order valence-corrected chi connectivity index (χ1v) is 5.96. The van der Waals surface area contributed by atoms with Crippen molar-refractivity contribution in [2.45, 2.75) is 52.1 Å². The number of carbonyl (C=O) groups is 1. The molecule has 15 heavy (non-hydrogen) atoms. The van der Waals surface area contributed by atoms with Crippen LogP contribution < -0.4 is 0 Å². The molecule has 3 nitrogen and oxygen atoms in total. The molecule has 90 valence electrons. The summed E-state index contributed by atoms with van der Waals surface area (Å²) in [5.41, 5.74) is 0. The Bertz CT molecular complexity index is 169. The van der Waals surface area contributed by atoms with Crippen molar-refractivity contribution in [2.24, 2.45) is 0 Å². The molecular weight excluding hydrogens is 190 g/mol. The van der Waals surface area contributed by atoms with E-state index in [0.717, 1.165) is 19.3 Å². The second kappa shape index (κ2) is 8.72. The molecule has 1 amide bonds. The molecule has 0 aliphatic rings. The van der Waals surface area contributed by atoms with E-state index in [4.69, 9.17) is 4.74 Å². The number of carbonyl (C=O) groups excluding carboxylic acids is 1. The molecule has 1 atom stereocenters. The zero-order valence-corrected chi connectivity index (χ0v) is 10.6. The molecule has 0 aromatic carbocycles. The van der Waals surface area contributed by atoms with Gasteiger partial charge in [0.25, 0.3) is 5.91 Å². The topological polar surface area (TPSA) is 29.5 Å². The number of nitrogens with zero attached hydrogens (tertiary/aromatic N) is 1. The molecule has 0 N–H and O–H groups in total. The average molecular weight is 215 g/mol. The van der Waals surface area contributed by atoms with E-state index >= 15 is 0 Å². The summed E-state index contributed by atoms with van der Waals surface area (Å²) >= 11 is 0. The van der Waals surface area contributed by atoms with Gasteiger partial charge in [-0.1, -0.05) is 33.1 Å². The summed E-state index contributed by atoms with van der Waals surface area (Å²) in [6.45, 7) is 4.94. The molecule has 0 radical (unpaired) electrons. The van der Waals surface area contributed by atoms with Gasteiger partial charge in [-0.05, 0) is 12.8 Å². The first-order chi connectivity index (χ1) is 7.13. The maximum Gasteiger partial charge on any atom is 0.251 e. The van der Waals surface area contributed by atoms with E-state index in [-0.39, 0.29) is 12.0 Å². The number of rotatable bonds is 8. The highest BCUT2D eigenvalue weighted by Crippen LogP contribution is 2.07. The van der Waals surface area contributed by atoms with E-state index in [0.29, 0.717) is 6.61 Å². The molecule has 0 saturated carbocycles. The number of hydrogen-bond acceptors (Lipinski definition) is 2. The molecule has 0 aromatic heterocycles. The monoisotopic (exact) mass is 215 g/mol. The van der Waals surface area contributed by atoms with E-state index in [9.17, 15) is 4.79 Å². The lowest BCUT2D eigenvalue weighted by Crippen LogP contribution is -2.35. The van der Waals surface area contributed by atoms with Crippen LogP contribution in [0.5, 0.6) is 0 Å². The predicted octanol–water partition coefficient (Wildman–Crippen LogP) is 2.45. The van der Waals surface area contributed by atoms with Crippen molar-refractivity contribution in [2.75, 3.05) is 20.7 Å². The Kier molecular flexibility index (Phi) is 8.38. The van der Waals surface area contributed by atoms with Gasteiger partial charge < -0.3 is 9.64 Å². The van der Waals surface area contributed by atoms with Crippen LogP contribution >= 0.6 is 0 Å². The van der Waals surface area contributed by atoms with Crippen LogP contribution in [0.4, 0.5) is 0 Å². The van der Waals surface area contributed by atoms with Gasteiger partial charge in [-0.3, -0.25) is 4.79 Å². The standard InChI is InChI=1S/C12H25NO2/c1-5-7-8-10-15-11(9-6-2)12(14)13(3)4/h11H,5-10H2,1-4H3. The summed E-state index contributed by atoms with van der Waals surface area (Å²) in [5, 5.41) is 0. The van der Waals surface area contributed by atoms with Crippen LogP contribution in [-0.4, -0.2) is 37.6 Å². The molecule has 0 aliphatic carbocycles. The molecular formula is C12H25NO2. The van der Waals surface area contributed by atoms with Crippen molar-refractivity contribution in [1.82, 2.24) is 4.90 Å². The van der Waals surface area contributed by atoms with E-state index in [1.165, 1.54) is 12.8 Å². The summed E-state index contributed by atoms with van der Waals surface area (Å²) in [6, 6.07) is 0. The Morgan fingerprint density at radius 2 is 1.87 bits per heavy atom. The normalized spacial score (nSPS) is 12.5. The fourth-order valence-electron chi connectivity index (χ4n) is 1.41. The van der Waals surface area contributed by atoms with Gasteiger partial charge in [-0.25, -0.2) is 0 Å². The summed E-state index contributed by atoms with van der Waals surface area (Å²) < 4.78 is 5.62. The zero-order chi connectivity index (χ0) is 11.7. The smallest absolute Gasteiger partial charge is 0.251 e. The number of ether oxygens (including phenoxy) is 1. The molecule has 0 bridgehead atoms. The van der Waals surface area contributed by atoms with Gasteiger partial charge in [0.15, 0.2) is 0 Å². The number of amides is 1. The highest BCUT2D eigenvalue weighted by molar-refractivity contribution is 5.80. The Balaban J connectivity index is 3.87. The van der Waals surface area contributed by atoms with Gasteiger partial charge in [0.05, 0.1) is 0 Å². The quantitative estimate of drug-likeness (QED) is 0.582. The largest absolute Gasteiger partial charge is 0.368 e. The highest BCUT2D eigenvalue weighted by Gasteiger charge is 2.19. The molecule has 3 heteroatoms. The van der Waals surface area contributed by atoms with Crippen LogP contribution in [0.2, 0.25) is 0 Å². The lowest BCUT2D eigenvalue weighted by molar-refractivity contribution is -0.141. The van der Waals surface area contributed by atoms with E-state index in [1.807, 2.05) is 0 Å². The van der Waals surface area contributed by atoms with Crippen molar-refractivity contribution in [3.05, 3.63) is 0 Å². The summed E-state index contributed by atoms with van der Waals surface area (Å²) in [5.74, 6) is 0.0911. The van der Waals surface area contributed by atoms with Gasteiger partial charge in [0.2, 0.25) is 0 Å². The summed E-state index contributed by atoms with van der Waals surface area (Å²) in [7, 11) is 3.56. The van der Waals surface area contributed by atoms with Crippen LogP contribution in [-0.2, 0) is 9.53 Å². The van der Waals surface area contributed by atoms with Crippen molar-refractivity contribution < 1.29 is 9.53 Å². The minimum absolute atomic E-state index is 0.0911. The lowest BCUT2D eigenvalue weighted by Gasteiger charge is -2.20. The van der Waals surface area contributed by atoms with Gasteiger partial charge in [-0.2, -0.15) is 0 Å². The van der Waals surface area contributed by atoms with Gasteiger partial charge in [0.1, 0.15) is 6.10 Å². The lowest BCUT2D eigenvalue weighted by atomic mass is 10.2. The minimum Gasteiger partial charge on any atom is -0.368 e. The van der Waals surface area contributed by atoms with Crippen LogP contribution in [0, 0.1) is 0 Å². The molecule has 0 fully saturated rings. The Hall–Kier alpha value is -0.570. The summed E-state index contributed by atoms with van der Waals surface area (Å²) in [6.07, 6.45) is 4.98. The Morgan fingerprint density at radius 1 is 1.20 bits per heavy atom. The molecule has 0 rings (SSSR count). The van der Waals surface area contributed by atoms with E-state index in [2.05, 4.69) is 13.8 Å². The van der Waals surface area contributed by atoms with Crippen LogP contribution in [0.25, 0.3) is 0 Å². The molecule has 0 aromatic rings. The summed E-state index contributed by atoms with van der Waals surface area (Å²) in [4.78, 5) is 13.3. The maximum absolute atomic E-state index is 11.7. The van der Waals surface area contributed by atoms with Crippen molar-refractivity contribution in [1.29, 1.82) is 0 Å². The van der Waals surface area contributed by atoms with Crippen LogP contribution in [0.15, 0.2) is 0 Å². The maximum atomic E-state index is 11.7. The number of likely N-dealkylation sites (N-methyl/N-ethyl adjacent to an activating group) is 1. The van der Waals surface area contributed by atoms with Gasteiger partial charge >= 0.3 is 0 Å². The van der Waals surface area contributed by atoms with Crippen molar-refractivity contribution in [3.8, 4) is 0 Å². The SMILES string of the molecule is CCCCCOC(CCC)C(=O)N(C)C. The zero-order valence-electron chi connectivity index (χ0n) is 10.6. The Morgan fingerprint density at radius 3 is 2.33 bits per heavy atom. The van der Waals surface area contributed by atoms with Crippen molar-refractivity contribution >= 4 is 5.91 Å². The molecule has 0 heterocycles. The van der Waals surface area contributed by atoms with Crippen molar-refractivity contribution in [3.63, 3.8) is 0 Å². The van der Waals surface area contributed by atoms with Gasteiger partial charge in [0, 0.05) is 20.7 Å². The fourth-order valence-corrected chi connectivity index (χ4v) is 1.41. The second-order valence-electron chi connectivity index (χ2n) is 4.09. The third-order valence-electron chi connectivity index (χ3n) is 2.33. The molecule has 0 spiro atoms. The third-order valence-corrected chi connectivity index (χ3v) is 2.33. The average Bonchev–Trinajstić information content (AvgIpc) is 2.21. The molecule has 0 aliphatic heterocycles. The molecule has 1 unspecified atom stereocenters. The van der Waals surface area contributed by atoms with E-state index < -0.39 is 0 Å². The van der Waals surface area contributed by atoms with Crippen LogP contribution in [0.3, 0.4) is 0 Å². The second-order valence-corrected chi connectivity index (χ2v) is 4.09. The Labute approximate surface area is 93.8 Å². The molecule has 0 saturated heterocycles. The first-order valence-electron chi connectivity index (χ1n) is 5.96. The predicted molar refractivity (Wildman–Crippen MR) is 62.9 cm³/mol. The third kappa shape index (κ3) is 6.50. The van der Waals surface area contributed by atoms with Crippen LogP contribution in [0.1, 0.15) is 46.0 Å². The number of hydrogen-bond donors (Lipinski definition) is 0. The first kappa shape index (κ1) is 14.4. The highest BCUT2D eigenvalue weighted by atomic mass is 16.5. The van der Waals surface area contributed by atoms with E-state index in [1.54, 1.807) is 19.0 Å². The number of unbranched alkanes of at least 4 members (excludes halogenated alkanes) is 2. The fraction of sp³-hybridized carbons (Fsp3) is 0.917. The van der Waals surface area contributed by atoms with Gasteiger partial charge in [-0.15, -0.1) is 0 Å². The minimum atomic E-state index is -0.234.